The van der Waals surface area contributed by atoms with Crippen LogP contribution < -0.4 is 10.6 Å². The topological polar surface area (TPSA) is 67.7 Å². The Labute approximate surface area is 113 Å². The number of nitrogens with zero attached hydrogens (tertiary/aromatic N) is 4. The Morgan fingerprint density at radius 2 is 1.89 bits per heavy atom. The summed E-state index contributed by atoms with van der Waals surface area (Å²) in [4.78, 5) is 8.35. The van der Waals surface area contributed by atoms with Crippen molar-refractivity contribution in [2.24, 2.45) is 7.05 Å². The predicted octanol–water partition coefficient (Wildman–Crippen LogP) is 1.82. The summed E-state index contributed by atoms with van der Waals surface area (Å²) >= 11 is 0. The van der Waals surface area contributed by atoms with Gasteiger partial charge in [-0.15, -0.1) is 0 Å². The molecule has 0 saturated carbocycles. The zero-order valence-electron chi connectivity index (χ0n) is 11.6. The Hall–Kier alpha value is -2.11. The van der Waals surface area contributed by atoms with Crippen LogP contribution >= 0.6 is 0 Å². The van der Waals surface area contributed by atoms with Gasteiger partial charge in [0.2, 0.25) is 0 Å². The summed E-state index contributed by atoms with van der Waals surface area (Å²) in [5.41, 5.74) is 2.32. The minimum absolute atomic E-state index is 0.722. The molecule has 0 radical (unpaired) electrons. The second-order valence-electron chi connectivity index (χ2n) is 4.30. The Bertz CT molecular complexity index is 534. The average molecular weight is 260 g/mol. The van der Waals surface area contributed by atoms with Crippen molar-refractivity contribution in [1.82, 2.24) is 19.7 Å². The van der Waals surface area contributed by atoms with Gasteiger partial charge in [0.05, 0.1) is 5.69 Å². The molecule has 0 amide bonds. The molecule has 0 aromatic carbocycles. The molecule has 0 saturated heterocycles. The number of aryl methyl sites for hydroxylation is 2. The lowest BCUT2D eigenvalue weighted by Gasteiger charge is -2.07. The number of hydrogen-bond acceptors (Lipinski definition) is 5. The lowest BCUT2D eigenvalue weighted by atomic mass is 10.2. The molecule has 2 N–H and O–H groups in total. The van der Waals surface area contributed by atoms with Crippen molar-refractivity contribution in [2.45, 2.75) is 26.8 Å². The molecule has 0 aliphatic rings. The Balaban J connectivity index is 2.03. The summed E-state index contributed by atoms with van der Waals surface area (Å²) in [6, 6.07) is 1.91. The van der Waals surface area contributed by atoms with Gasteiger partial charge in [-0.25, -0.2) is 9.97 Å². The predicted molar refractivity (Wildman–Crippen MR) is 76.1 cm³/mol. The zero-order valence-corrected chi connectivity index (χ0v) is 11.6. The standard InChI is InChI=1S/C13H20N6/c1-4-11-10(8-19(3)18-11)7-15-13-6-12(14-5-2)16-9-17-13/h6,8-9H,4-5,7H2,1-3H3,(H2,14,15,16,17). The molecular formula is C13H20N6. The van der Waals surface area contributed by atoms with Gasteiger partial charge in [0.25, 0.3) is 0 Å². The van der Waals surface area contributed by atoms with Crippen molar-refractivity contribution in [3.63, 3.8) is 0 Å². The van der Waals surface area contributed by atoms with Gasteiger partial charge in [-0.1, -0.05) is 6.92 Å². The summed E-state index contributed by atoms with van der Waals surface area (Å²) in [6.07, 6.45) is 4.53. The van der Waals surface area contributed by atoms with E-state index in [0.29, 0.717) is 0 Å². The van der Waals surface area contributed by atoms with E-state index in [1.807, 2.05) is 30.9 Å². The van der Waals surface area contributed by atoms with Crippen molar-refractivity contribution in [2.75, 3.05) is 17.2 Å². The third-order valence-electron chi connectivity index (χ3n) is 2.81. The fourth-order valence-corrected chi connectivity index (χ4v) is 1.95. The van der Waals surface area contributed by atoms with Crippen molar-refractivity contribution in [3.05, 3.63) is 29.8 Å². The first kappa shape index (κ1) is 13.3. The van der Waals surface area contributed by atoms with Gasteiger partial charge >= 0.3 is 0 Å². The van der Waals surface area contributed by atoms with E-state index in [0.717, 1.165) is 36.8 Å². The number of aromatic nitrogens is 4. The molecule has 2 rings (SSSR count). The van der Waals surface area contributed by atoms with E-state index < -0.39 is 0 Å². The van der Waals surface area contributed by atoms with Gasteiger partial charge < -0.3 is 10.6 Å². The van der Waals surface area contributed by atoms with Crippen LogP contribution in [0.1, 0.15) is 25.1 Å². The van der Waals surface area contributed by atoms with Gasteiger partial charge in [0, 0.05) is 38.0 Å². The van der Waals surface area contributed by atoms with E-state index in [2.05, 4.69) is 32.6 Å². The molecule has 102 valence electrons. The highest BCUT2D eigenvalue weighted by Gasteiger charge is 2.06. The average Bonchev–Trinajstić information content (AvgIpc) is 2.78. The monoisotopic (exact) mass is 260 g/mol. The molecule has 0 bridgehead atoms. The van der Waals surface area contributed by atoms with Crippen LogP contribution in [0.5, 0.6) is 0 Å². The summed E-state index contributed by atoms with van der Waals surface area (Å²) in [5, 5.41) is 10.9. The Kier molecular flexibility index (Phi) is 4.33. The third-order valence-corrected chi connectivity index (χ3v) is 2.81. The van der Waals surface area contributed by atoms with E-state index in [1.54, 1.807) is 6.33 Å². The normalized spacial score (nSPS) is 10.5. The summed E-state index contributed by atoms with van der Waals surface area (Å²) in [6.45, 7) is 5.72. The summed E-state index contributed by atoms with van der Waals surface area (Å²) in [7, 11) is 1.94. The van der Waals surface area contributed by atoms with Crippen LogP contribution in [-0.4, -0.2) is 26.3 Å². The van der Waals surface area contributed by atoms with Gasteiger partial charge in [-0.05, 0) is 13.3 Å². The number of nitrogens with one attached hydrogen (secondary N) is 2. The largest absolute Gasteiger partial charge is 0.370 e. The summed E-state index contributed by atoms with van der Waals surface area (Å²) in [5.74, 6) is 1.65. The molecule has 0 aliphatic carbocycles. The molecule has 0 atom stereocenters. The molecule has 0 fully saturated rings. The zero-order chi connectivity index (χ0) is 13.7. The van der Waals surface area contributed by atoms with Gasteiger partial charge in [0.15, 0.2) is 0 Å². The van der Waals surface area contributed by atoms with E-state index in [-0.39, 0.29) is 0 Å². The van der Waals surface area contributed by atoms with Crippen molar-refractivity contribution < 1.29 is 0 Å². The second kappa shape index (κ2) is 6.17. The van der Waals surface area contributed by atoms with Crippen LogP contribution in [0, 0.1) is 0 Å². The van der Waals surface area contributed by atoms with Crippen LogP contribution in [0.2, 0.25) is 0 Å². The van der Waals surface area contributed by atoms with Crippen LogP contribution in [0.25, 0.3) is 0 Å². The van der Waals surface area contributed by atoms with E-state index >= 15 is 0 Å². The van der Waals surface area contributed by atoms with Crippen molar-refractivity contribution in [3.8, 4) is 0 Å². The van der Waals surface area contributed by atoms with Crippen molar-refractivity contribution in [1.29, 1.82) is 0 Å². The summed E-state index contributed by atoms with van der Waals surface area (Å²) < 4.78 is 1.85. The van der Waals surface area contributed by atoms with Crippen molar-refractivity contribution >= 4 is 11.6 Å². The SMILES string of the molecule is CCNc1cc(NCc2cn(C)nc2CC)ncn1. The lowest BCUT2D eigenvalue weighted by Crippen LogP contribution is -2.05. The van der Waals surface area contributed by atoms with E-state index in [1.165, 1.54) is 5.56 Å². The first-order valence-electron chi connectivity index (χ1n) is 6.54. The number of anilines is 2. The van der Waals surface area contributed by atoms with Crippen LogP contribution in [-0.2, 0) is 20.0 Å². The molecular weight excluding hydrogens is 240 g/mol. The smallest absolute Gasteiger partial charge is 0.131 e. The van der Waals surface area contributed by atoms with Gasteiger partial charge in [-0.3, -0.25) is 4.68 Å². The molecule has 19 heavy (non-hydrogen) atoms. The molecule has 0 aliphatic heterocycles. The van der Waals surface area contributed by atoms with Crippen LogP contribution in [0.15, 0.2) is 18.6 Å². The molecule has 0 unspecified atom stereocenters. The molecule has 6 nitrogen and oxygen atoms in total. The number of rotatable bonds is 6. The second-order valence-corrected chi connectivity index (χ2v) is 4.30. The van der Waals surface area contributed by atoms with Gasteiger partial charge in [-0.2, -0.15) is 5.10 Å². The van der Waals surface area contributed by atoms with Crippen LogP contribution in [0.3, 0.4) is 0 Å². The van der Waals surface area contributed by atoms with Crippen LogP contribution in [0.4, 0.5) is 11.6 Å². The van der Waals surface area contributed by atoms with Gasteiger partial charge in [0.1, 0.15) is 18.0 Å². The first-order valence-corrected chi connectivity index (χ1v) is 6.54. The minimum Gasteiger partial charge on any atom is -0.370 e. The fourth-order valence-electron chi connectivity index (χ4n) is 1.95. The van der Waals surface area contributed by atoms with E-state index in [9.17, 15) is 0 Å². The Morgan fingerprint density at radius 1 is 1.16 bits per heavy atom. The highest BCUT2D eigenvalue weighted by molar-refractivity contribution is 5.46. The molecule has 2 aromatic rings. The number of hydrogen-bond donors (Lipinski definition) is 2. The minimum atomic E-state index is 0.722. The maximum absolute atomic E-state index is 4.42. The van der Waals surface area contributed by atoms with E-state index in [4.69, 9.17) is 0 Å². The molecule has 2 aromatic heterocycles. The molecule has 0 spiro atoms. The molecule has 6 heteroatoms. The highest BCUT2D eigenvalue weighted by Crippen LogP contribution is 2.12. The Morgan fingerprint density at radius 3 is 2.58 bits per heavy atom. The maximum atomic E-state index is 4.42. The lowest BCUT2D eigenvalue weighted by molar-refractivity contribution is 0.746. The first-order chi connectivity index (χ1) is 9.22. The molecule has 2 heterocycles. The highest BCUT2D eigenvalue weighted by atomic mass is 15.3. The third kappa shape index (κ3) is 3.43. The quantitative estimate of drug-likeness (QED) is 0.829. The maximum Gasteiger partial charge on any atom is 0.131 e. The fraction of sp³-hybridized carbons (Fsp3) is 0.462.